The van der Waals surface area contributed by atoms with Gasteiger partial charge in [0.05, 0.1) is 0 Å². The van der Waals surface area contributed by atoms with Gasteiger partial charge in [-0.2, -0.15) is 0 Å². The topological polar surface area (TPSA) is 75.6 Å². The highest BCUT2D eigenvalue weighted by molar-refractivity contribution is 5.80. The van der Waals surface area contributed by atoms with Crippen molar-refractivity contribution in [3.63, 3.8) is 0 Å². The van der Waals surface area contributed by atoms with Gasteiger partial charge in [-0.05, 0) is 39.0 Å². The van der Waals surface area contributed by atoms with E-state index in [0.29, 0.717) is 12.3 Å². The fourth-order valence-electron chi connectivity index (χ4n) is 2.57. The molecule has 5 nitrogen and oxygen atoms in total. The minimum Gasteiger partial charge on any atom is -0.480 e. The highest BCUT2D eigenvalue weighted by Gasteiger charge is 2.28. The summed E-state index contributed by atoms with van der Waals surface area (Å²) >= 11 is 0. The van der Waals surface area contributed by atoms with Gasteiger partial charge in [0.2, 0.25) is 0 Å². The van der Waals surface area contributed by atoms with Gasteiger partial charge in [0, 0.05) is 0 Å². The normalized spacial score (nSPS) is 24.8. The van der Waals surface area contributed by atoms with Crippen LogP contribution in [0.2, 0.25) is 0 Å². The number of aliphatic carboxylic acids is 1. The SMILES string of the molecule is CC1CCC(CC(NC(=O)OC(C)(C)C)C(=O)O)CC1. The van der Waals surface area contributed by atoms with Crippen molar-refractivity contribution in [3.05, 3.63) is 0 Å². The third-order valence-corrected chi connectivity index (χ3v) is 3.69. The van der Waals surface area contributed by atoms with Crippen LogP contribution in [-0.4, -0.2) is 28.8 Å². The molecular formula is C15H27NO4. The highest BCUT2D eigenvalue weighted by Crippen LogP contribution is 2.31. The fraction of sp³-hybridized carbons (Fsp3) is 0.867. The molecule has 0 bridgehead atoms. The number of carbonyl (C=O) groups is 2. The first kappa shape index (κ1) is 16.8. The number of hydrogen-bond donors (Lipinski definition) is 2. The predicted octanol–water partition coefficient (Wildman–Crippen LogP) is 3.18. The molecule has 116 valence electrons. The summed E-state index contributed by atoms with van der Waals surface area (Å²) in [6.07, 6.45) is 4.20. The molecule has 1 amide bonds. The zero-order valence-electron chi connectivity index (χ0n) is 12.9. The quantitative estimate of drug-likeness (QED) is 0.831. The van der Waals surface area contributed by atoms with E-state index in [2.05, 4.69) is 12.2 Å². The van der Waals surface area contributed by atoms with Crippen LogP contribution in [0.15, 0.2) is 0 Å². The number of carbonyl (C=O) groups excluding carboxylic acids is 1. The molecule has 0 aliphatic heterocycles. The number of alkyl carbamates (subject to hydrolysis) is 1. The number of ether oxygens (including phenoxy) is 1. The van der Waals surface area contributed by atoms with E-state index in [1.807, 2.05) is 0 Å². The standard InChI is InChI=1S/C15H27NO4/c1-10-5-7-11(8-6-10)9-12(13(17)18)16-14(19)20-15(2,3)4/h10-12H,5-9H2,1-4H3,(H,16,19)(H,17,18). The maximum atomic E-state index is 11.7. The number of amides is 1. The molecule has 1 fully saturated rings. The molecule has 1 unspecified atom stereocenters. The Morgan fingerprint density at radius 1 is 1.25 bits per heavy atom. The van der Waals surface area contributed by atoms with Gasteiger partial charge < -0.3 is 15.2 Å². The van der Waals surface area contributed by atoms with Gasteiger partial charge in [-0.15, -0.1) is 0 Å². The molecule has 0 radical (unpaired) electrons. The van der Waals surface area contributed by atoms with Gasteiger partial charge in [-0.1, -0.05) is 32.6 Å². The Labute approximate surface area is 121 Å². The van der Waals surface area contributed by atoms with Gasteiger partial charge in [-0.3, -0.25) is 0 Å². The Balaban J connectivity index is 2.48. The lowest BCUT2D eigenvalue weighted by molar-refractivity contribution is -0.140. The van der Waals surface area contributed by atoms with Crippen molar-refractivity contribution in [1.82, 2.24) is 5.32 Å². The first-order valence-electron chi connectivity index (χ1n) is 7.39. The zero-order chi connectivity index (χ0) is 15.3. The average Bonchev–Trinajstić information content (AvgIpc) is 2.28. The average molecular weight is 285 g/mol. The summed E-state index contributed by atoms with van der Waals surface area (Å²) in [7, 11) is 0. The fourth-order valence-corrected chi connectivity index (χ4v) is 2.57. The predicted molar refractivity (Wildman–Crippen MR) is 76.5 cm³/mol. The van der Waals surface area contributed by atoms with Gasteiger partial charge in [0.25, 0.3) is 0 Å². The van der Waals surface area contributed by atoms with E-state index in [9.17, 15) is 14.7 Å². The molecule has 1 saturated carbocycles. The third-order valence-electron chi connectivity index (χ3n) is 3.69. The minimum atomic E-state index is -0.991. The molecule has 0 heterocycles. The number of nitrogens with one attached hydrogen (secondary N) is 1. The van der Waals surface area contributed by atoms with Gasteiger partial charge in [0.1, 0.15) is 11.6 Å². The lowest BCUT2D eigenvalue weighted by atomic mass is 9.80. The van der Waals surface area contributed by atoms with E-state index < -0.39 is 23.7 Å². The van der Waals surface area contributed by atoms with Crippen LogP contribution < -0.4 is 5.32 Å². The Bertz CT molecular complexity index is 340. The van der Waals surface area contributed by atoms with Crippen LogP contribution in [0, 0.1) is 11.8 Å². The number of carboxylic acids is 1. The molecule has 1 aliphatic rings. The second kappa shape index (κ2) is 6.95. The molecule has 1 aliphatic carbocycles. The van der Waals surface area contributed by atoms with Gasteiger partial charge in [-0.25, -0.2) is 9.59 Å². The Morgan fingerprint density at radius 2 is 1.80 bits per heavy atom. The van der Waals surface area contributed by atoms with Crippen LogP contribution in [0.1, 0.15) is 59.8 Å². The summed E-state index contributed by atoms with van der Waals surface area (Å²) in [5, 5.41) is 11.7. The summed E-state index contributed by atoms with van der Waals surface area (Å²) in [6.45, 7) is 7.49. The molecule has 0 spiro atoms. The first-order valence-corrected chi connectivity index (χ1v) is 7.39. The van der Waals surface area contributed by atoms with Crippen molar-refractivity contribution < 1.29 is 19.4 Å². The second-order valence-corrected chi connectivity index (χ2v) is 6.90. The summed E-state index contributed by atoms with van der Waals surface area (Å²) in [5.74, 6) is 0.116. The Kier molecular flexibility index (Phi) is 5.84. The number of carboxylic acid groups (broad SMARTS) is 1. The van der Waals surface area contributed by atoms with Crippen molar-refractivity contribution in [2.45, 2.75) is 71.4 Å². The summed E-state index contributed by atoms with van der Waals surface area (Å²) in [5.41, 5.74) is -0.618. The van der Waals surface area contributed by atoms with Crippen molar-refractivity contribution in [1.29, 1.82) is 0 Å². The molecule has 5 heteroatoms. The van der Waals surface area contributed by atoms with Crippen LogP contribution in [0.5, 0.6) is 0 Å². The third kappa shape index (κ3) is 6.26. The monoisotopic (exact) mass is 285 g/mol. The maximum Gasteiger partial charge on any atom is 0.408 e. The second-order valence-electron chi connectivity index (χ2n) is 6.90. The smallest absolute Gasteiger partial charge is 0.408 e. The Hall–Kier alpha value is -1.26. The lowest BCUT2D eigenvalue weighted by Gasteiger charge is -2.28. The number of hydrogen-bond acceptors (Lipinski definition) is 3. The van der Waals surface area contributed by atoms with Crippen LogP contribution in [0.4, 0.5) is 4.79 Å². The molecule has 0 aromatic carbocycles. The molecular weight excluding hydrogens is 258 g/mol. The molecule has 0 aromatic rings. The van der Waals surface area contributed by atoms with Crippen molar-refractivity contribution in [2.75, 3.05) is 0 Å². The summed E-state index contributed by atoms with van der Waals surface area (Å²) in [4.78, 5) is 22.9. The van der Waals surface area contributed by atoms with Gasteiger partial charge >= 0.3 is 12.1 Å². The summed E-state index contributed by atoms with van der Waals surface area (Å²) < 4.78 is 5.11. The van der Waals surface area contributed by atoms with E-state index in [1.165, 1.54) is 0 Å². The molecule has 1 rings (SSSR count). The minimum absolute atomic E-state index is 0.377. The van der Waals surface area contributed by atoms with E-state index in [4.69, 9.17) is 4.74 Å². The van der Waals surface area contributed by atoms with Crippen LogP contribution >= 0.6 is 0 Å². The molecule has 2 N–H and O–H groups in total. The maximum absolute atomic E-state index is 11.7. The van der Waals surface area contributed by atoms with Crippen molar-refractivity contribution in [2.24, 2.45) is 11.8 Å². The molecule has 1 atom stereocenters. The van der Waals surface area contributed by atoms with E-state index >= 15 is 0 Å². The number of rotatable bonds is 4. The van der Waals surface area contributed by atoms with Crippen LogP contribution in [0.3, 0.4) is 0 Å². The lowest BCUT2D eigenvalue weighted by Crippen LogP contribution is -2.44. The van der Waals surface area contributed by atoms with Crippen LogP contribution in [0.25, 0.3) is 0 Å². The molecule has 0 saturated heterocycles. The van der Waals surface area contributed by atoms with E-state index in [0.717, 1.165) is 31.6 Å². The largest absolute Gasteiger partial charge is 0.480 e. The van der Waals surface area contributed by atoms with E-state index in [-0.39, 0.29) is 0 Å². The molecule has 20 heavy (non-hydrogen) atoms. The van der Waals surface area contributed by atoms with Gasteiger partial charge in [0.15, 0.2) is 0 Å². The highest BCUT2D eigenvalue weighted by atomic mass is 16.6. The Morgan fingerprint density at radius 3 is 2.25 bits per heavy atom. The summed E-state index contributed by atoms with van der Waals surface area (Å²) in [6, 6.07) is -0.858. The molecule has 0 aromatic heterocycles. The van der Waals surface area contributed by atoms with Crippen molar-refractivity contribution >= 4 is 12.1 Å². The first-order chi connectivity index (χ1) is 9.17. The van der Waals surface area contributed by atoms with Crippen LogP contribution in [-0.2, 0) is 9.53 Å². The van der Waals surface area contributed by atoms with Crippen molar-refractivity contribution in [3.8, 4) is 0 Å². The van der Waals surface area contributed by atoms with E-state index in [1.54, 1.807) is 20.8 Å². The zero-order valence-corrected chi connectivity index (χ0v) is 12.9.